The monoisotopic (exact) mass is 123 g/mol. The Morgan fingerprint density at radius 2 is 1.67 bits per heavy atom. The summed E-state index contributed by atoms with van der Waals surface area (Å²) in [5.41, 5.74) is 7.17. The lowest BCUT2D eigenvalue weighted by molar-refractivity contribution is -0.133. The largest absolute Gasteiger partial charge is 0.325 e. The van der Waals surface area contributed by atoms with Gasteiger partial charge in [-0.05, 0) is 43.4 Å². The summed E-state index contributed by atoms with van der Waals surface area (Å²) in [5.74, 6) is 1.10. The van der Waals surface area contributed by atoms with Gasteiger partial charge in [0.2, 0.25) is 0 Å². The molecule has 50 valence electrons. The fourth-order valence-corrected chi connectivity index (χ4v) is 2.75. The molecule has 0 aliphatic heterocycles. The van der Waals surface area contributed by atoms with Gasteiger partial charge in [0.25, 0.3) is 0 Å². The second-order valence-electron chi connectivity index (χ2n) is 4.41. The van der Waals surface area contributed by atoms with Crippen molar-refractivity contribution in [2.45, 2.75) is 37.6 Å². The Labute approximate surface area is 55.6 Å². The third-order valence-electron chi connectivity index (χ3n) is 3.88. The number of hydrogen-bond donors (Lipinski definition) is 1. The Kier molecular flexibility index (Phi) is 0.508. The van der Waals surface area contributed by atoms with Crippen molar-refractivity contribution in [3.05, 3.63) is 0 Å². The molecule has 0 saturated heterocycles. The molecule has 4 rings (SSSR count). The highest BCUT2D eigenvalue weighted by Crippen LogP contribution is 2.73. The summed E-state index contributed by atoms with van der Waals surface area (Å²) in [6.45, 7) is 0. The molecule has 4 aliphatic rings. The zero-order valence-corrected chi connectivity index (χ0v) is 5.69. The molecule has 1 nitrogen and oxygen atoms in total. The van der Waals surface area contributed by atoms with Crippen LogP contribution in [0.4, 0.5) is 0 Å². The Balaban J connectivity index is 1.91. The average molecular weight is 123 g/mol. The minimum Gasteiger partial charge on any atom is -0.325 e. The van der Waals surface area contributed by atoms with Crippen molar-refractivity contribution in [3.63, 3.8) is 0 Å². The van der Waals surface area contributed by atoms with Crippen molar-refractivity contribution >= 4 is 0 Å². The summed E-state index contributed by atoms with van der Waals surface area (Å²) in [7, 11) is 0. The SMILES string of the molecule is NC1(C23CC(C2)C3)CC1. The molecule has 4 aliphatic carbocycles. The molecule has 4 saturated carbocycles. The topological polar surface area (TPSA) is 26.0 Å². The van der Waals surface area contributed by atoms with Crippen LogP contribution in [0.1, 0.15) is 32.1 Å². The molecule has 0 atom stereocenters. The van der Waals surface area contributed by atoms with Crippen LogP contribution in [0.5, 0.6) is 0 Å². The number of nitrogens with two attached hydrogens (primary N) is 1. The maximum Gasteiger partial charge on any atom is 0.0213 e. The summed E-state index contributed by atoms with van der Waals surface area (Å²) in [4.78, 5) is 0. The third kappa shape index (κ3) is 0.337. The Bertz CT molecular complexity index is 152. The molecule has 0 unspecified atom stereocenters. The van der Waals surface area contributed by atoms with Gasteiger partial charge in [-0.15, -0.1) is 0 Å². The van der Waals surface area contributed by atoms with E-state index in [-0.39, 0.29) is 0 Å². The van der Waals surface area contributed by atoms with Crippen molar-refractivity contribution in [2.75, 3.05) is 0 Å². The van der Waals surface area contributed by atoms with E-state index < -0.39 is 0 Å². The second kappa shape index (κ2) is 0.968. The van der Waals surface area contributed by atoms with Gasteiger partial charge in [-0.1, -0.05) is 0 Å². The highest BCUT2D eigenvalue weighted by Gasteiger charge is 2.69. The Morgan fingerprint density at radius 3 is 1.78 bits per heavy atom. The highest BCUT2D eigenvalue weighted by molar-refractivity contribution is 5.24. The van der Waals surface area contributed by atoms with E-state index >= 15 is 0 Å². The molecule has 0 heterocycles. The van der Waals surface area contributed by atoms with Crippen LogP contribution in [0.3, 0.4) is 0 Å². The molecule has 2 N–H and O–H groups in total. The molecule has 2 bridgehead atoms. The summed E-state index contributed by atoms with van der Waals surface area (Å²) in [6.07, 6.45) is 7.07. The van der Waals surface area contributed by atoms with Crippen LogP contribution in [0, 0.1) is 11.3 Å². The van der Waals surface area contributed by atoms with E-state index in [2.05, 4.69) is 0 Å². The number of rotatable bonds is 1. The average Bonchev–Trinajstić information content (AvgIpc) is 2.05. The predicted molar refractivity (Wildman–Crippen MR) is 35.9 cm³/mol. The minimum absolute atomic E-state index is 0.349. The van der Waals surface area contributed by atoms with E-state index in [1.165, 1.54) is 32.1 Å². The van der Waals surface area contributed by atoms with Gasteiger partial charge in [-0.25, -0.2) is 0 Å². The van der Waals surface area contributed by atoms with Gasteiger partial charge < -0.3 is 5.73 Å². The smallest absolute Gasteiger partial charge is 0.0213 e. The lowest BCUT2D eigenvalue weighted by Crippen LogP contribution is -2.63. The van der Waals surface area contributed by atoms with E-state index in [9.17, 15) is 0 Å². The Hall–Kier alpha value is -0.0400. The fourth-order valence-electron chi connectivity index (χ4n) is 2.75. The van der Waals surface area contributed by atoms with Crippen molar-refractivity contribution < 1.29 is 0 Å². The van der Waals surface area contributed by atoms with Gasteiger partial charge in [0, 0.05) is 5.54 Å². The van der Waals surface area contributed by atoms with E-state index in [0.717, 1.165) is 5.92 Å². The molecule has 0 aromatic carbocycles. The van der Waals surface area contributed by atoms with Crippen LogP contribution in [-0.2, 0) is 0 Å². The van der Waals surface area contributed by atoms with E-state index in [1.54, 1.807) is 0 Å². The summed E-state index contributed by atoms with van der Waals surface area (Å²) < 4.78 is 0. The molecule has 0 spiro atoms. The van der Waals surface area contributed by atoms with Gasteiger partial charge in [0.05, 0.1) is 0 Å². The molecule has 0 aromatic rings. The second-order valence-corrected chi connectivity index (χ2v) is 4.41. The summed E-state index contributed by atoms with van der Waals surface area (Å²) >= 11 is 0. The number of hydrogen-bond acceptors (Lipinski definition) is 1. The van der Waals surface area contributed by atoms with E-state index in [0.29, 0.717) is 11.0 Å². The molecule has 9 heavy (non-hydrogen) atoms. The van der Waals surface area contributed by atoms with E-state index in [4.69, 9.17) is 5.73 Å². The van der Waals surface area contributed by atoms with Crippen LogP contribution in [0.25, 0.3) is 0 Å². The van der Waals surface area contributed by atoms with Crippen LogP contribution >= 0.6 is 0 Å². The van der Waals surface area contributed by atoms with Crippen LogP contribution in [0.2, 0.25) is 0 Å². The van der Waals surface area contributed by atoms with Crippen molar-refractivity contribution in [1.29, 1.82) is 0 Å². The maximum absolute atomic E-state index is 6.12. The lowest BCUT2D eigenvalue weighted by Gasteiger charge is -2.65. The highest BCUT2D eigenvalue weighted by atomic mass is 14.9. The third-order valence-corrected chi connectivity index (χ3v) is 3.88. The first-order chi connectivity index (χ1) is 4.24. The summed E-state index contributed by atoms with van der Waals surface area (Å²) in [6, 6.07) is 0. The van der Waals surface area contributed by atoms with Gasteiger partial charge in [-0.2, -0.15) is 0 Å². The molecular formula is C8H13N. The zero-order chi connectivity index (χ0) is 6.11. The standard InChI is InChI=1S/C8H13N/c9-8(1-2-8)7-3-6(4-7)5-7/h6H,1-5,9H2. The summed E-state index contributed by atoms with van der Waals surface area (Å²) in [5, 5.41) is 0. The minimum atomic E-state index is 0.349. The first-order valence-corrected chi connectivity index (χ1v) is 4.03. The molecule has 0 amide bonds. The quantitative estimate of drug-likeness (QED) is 0.558. The van der Waals surface area contributed by atoms with Crippen molar-refractivity contribution in [1.82, 2.24) is 0 Å². The molecule has 0 radical (unpaired) electrons. The first kappa shape index (κ1) is 4.73. The van der Waals surface area contributed by atoms with Crippen molar-refractivity contribution in [3.8, 4) is 0 Å². The zero-order valence-electron chi connectivity index (χ0n) is 5.69. The van der Waals surface area contributed by atoms with Crippen LogP contribution < -0.4 is 5.73 Å². The van der Waals surface area contributed by atoms with Crippen LogP contribution in [0.15, 0.2) is 0 Å². The van der Waals surface area contributed by atoms with Gasteiger partial charge in [-0.3, -0.25) is 0 Å². The molecule has 4 fully saturated rings. The lowest BCUT2D eigenvalue weighted by atomic mass is 9.41. The molecular weight excluding hydrogens is 110 g/mol. The van der Waals surface area contributed by atoms with Crippen molar-refractivity contribution in [2.24, 2.45) is 17.1 Å². The maximum atomic E-state index is 6.12. The van der Waals surface area contributed by atoms with Gasteiger partial charge >= 0.3 is 0 Å². The van der Waals surface area contributed by atoms with Gasteiger partial charge in [0.15, 0.2) is 0 Å². The fraction of sp³-hybridized carbons (Fsp3) is 1.00. The van der Waals surface area contributed by atoms with E-state index in [1.807, 2.05) is 0 Å². The van der Waals surface area contributed by atoms with Gasteiger partial charge in [0.1, 0.15) is 0 Å². The van der Waals surface area contributed by atoms with Crippen LogP contribution in [-0.4, -0.2) is 5.54 Å². The predicted octanol–water partition coefficient (Wildman–Crippen LogP) is 1.28. The normalized spacial score (nSPS) is 57.7. The molecule has 1 heteroatoms. The first-order valence-electron chi connectivity index (χ1n) is 4.03. The Morgan fingerprint density at radius 1 is 1.11 bits per heavy atom. The molecule has 0 aromatic heterocycles.